The molecular formula is C11H15BrN2O6S. The first kappa shape index (κ1) is 19.7. The van der Waals surface area contributed by atoms with Crippen LogP contribution in [-0.2, 0) is 20.4 Å². The van der Waals surface area contributed by atoms with E-state index in [1.807, 2.05) is 0 Å². The molecule has 1 rings (SSSR count). The van der Waals surface area contributed by atoms with Crippen molar-refractivity contribution >= 4 is 38.6 Å². The molecular weight excluding hydrogens is 368 g/mol. The molecule has 8 nitrogen and oxygen atoms in total. The second kappa shape index (κ2) is 10.4. The largest absolute Gasteiger partial charge is 0.481 e. The van der Waals surface area contributed by atoms with E-state index < -0.39 is 27.9 Å². The number of nitrogens with two attached hydrogens (primary N) is 1. The van der Waals surface area contributed by atoms with E-state index in [2.05, 4.69) is 21.8 Å². The second-order valence-corrected chi connectivity index (χ2v) is 6.20. The van der Waals surface area contributed by atoms with Crippen LogP contribution < -0.4 is 11.4 Å². The first-order valence-corrected chi connectivity index (χ1v) is 7.54. The molecule has 118 valence electrons. The summed E-state index contributed by atoms with van der Waals surface area (Å²) in [5.41, 5.74) is 1.42. The third kappa shape index (κ3) is 6.78. The average molecular weight is 383 g/mol. The predicted molar refractivity (Wildman–Crippen MR) is 77.1 cm³/mol. The van der Waals surface area contributed by atoms with Crippen molar-refractivity contribution in [1.82, 2.24) is 5.48 Å². The predicted octanol–water partition coefficient (Wildman–Crippen LogP) is 0.630. The minimum atomic E-state index is -1.73. The topological polar surface area (TPSA) is 150 Å². The smallest absolute Gasteiger partial charge is 0.303 e. The number of carboxylic acids is 1. The van der Waals surface area contributed by atoms with E-state index in [1.54, 1.807) is 24.3 Å². The molecule has 21 heavy (non-hydrogen) atoms. The number of rotatable bonds is 6. The third-order valence-corrected chi connectivity index (χ3v) is 4.56. The monoisotopic (exact) mass is 382 g/mol. The molecule has 0 radical (unpaired) electrons. The minimum Gasteiger partial charge on any atom is -0.481 e. The molecule has 0 saturated heterocycles. The van der Waals surface area contributed by atoms with Crippen LogP contribution in [0.5, 0.6) is 0 Å². The van der Waals surface area contributed by atoms with Gasteiger partial charge in [-0.3, -0.25) is 19.0 Å². The molecule has 2 unspecified atom stereocenters. The molecule has 0 aliphatic rings. The summed E-state index contributed by atoms with van der Waals surface area (Å²) in [5, 5.41) is 22.6. The Morgan fingerprint density at radius 2 is 1.81 bits per heavy atom. The highest BCUT2D eigenvalue weighted by molar-refractivity contribution is 9.10. The van der Waals surface area contributed by atoms with E-state index in [-0.39, 0.29) is 12.8 Å². The van der Waals surface area contributed by atoms with Gasteiger partial charge in [-0.1, -0.05) is 15.9 Å². The van der Waals surface area contributed by atoms with Crippen molar-refractivity contribution in [2.75, 3.05) is 0 Å². The number of carboxylic acid groups (broad SMARTS) is 1. The van der Waals surface area contributed by atoms with Crippen molar-refractivity contribution in [1.29, 1.82) is 0 Å². The zero-order valence-corrected chi connectivity index (χ0v) is 13.1. The Bertz CT molecular complexity index is 496. The molecule has 1 amide bonds. The van der Waals surface area contributed by atoms with E-state index >= 15 is 0 Å². The standard InChI is InChI=1S/C11H12BrNO5S.H3NO/c12-7-1-3-8(4-2-7)19(18)9(11(16)13-17)5-6-10(14)15;1-2/h1-4,9,17H,5-6H2,(H,13,16)(H,14,15);2H,1H2. The summed E-state index contributed by atoms with van der Waals surface area (Å²) in [7, 11) is -1.73. The van der Waals surface area contributed by atoms with Gasteiger partial charge in [0.25, 0.3) is 5.91 Å². The molecule has 6 N–H and O–H groups in total. The third-order valence-electron chi connectivity index (χ3n) is 2.33. The van der Waals surface area contributed by atoms with Crippen molar-refractivity contribution < 1.29 is 29.3 Å². The number of hydrogen-bond acceptors (Lipinski definition) is 6. The van der Waals surface area contributed by atoms with Gasteiger partial charge in [-0.2, -0.15) is 0 Å². The minimum absolute atomic E-state index is 0.121. The maximum absolute atomic E-state index is 12.2. The van der Waals surface area contributed by atoms with E-state index in [0.29, 0.717) is 4.90 Å². The fourth-order valence-corrected chi connectivity index (χ4v) is 2.97. The van der Waals surface area contributed by atoms with Crippen LogP contribution in [0.2, 0.25) is 0 Å². The molecule has 0 bridgehead atoms. The summed E-state index contributed by atoms with van der Waals surface area (Å²) in [5.74, 6) is 1.55. The summed E-state index contributed by atoms with van der Waals surface area (Å²) in [6.45, 7) is 0. The van der Waals surface area contributed by atoms with Crippen LogP contribution in [0, 0.1) is 0 Å². The SMILES string of the molecule is NO.O=C(O)CCC(C(=O)NO)S(=O)c1ccc(Br)cc1. The summed E-state index contributed by atoms with van der Waals surface area (Å²) in [6, 6.07) is 6.47. The summed E-state index contributed by atoms with van der Waals surface area (Å²) >= 11 is 3.23. The number of hydroxylamine groups is 1. The van der Waals surface area contributed by atoms with Crippen molar-refractivity contribution in [3.05, 3.63) is 28.7 Å². The second-order valence-electron chi connectivity index (χ2n) is 3.65. The Morgan fingerprint density at radius 1 is 1.29 bits per heavy atom. The first-order chi connectivity index (χ1) is 9.95. The van der Waals surface area contributed by atoms with E-state index in [9.17, 15) is 13.8 Å². The number of halogens is 1. The number of benzene rings is 1. The lowest BCUT2D eigenvalue weighted by Gasteiger charge is -2.13. The van der Waals surface area contributed by atoms with Crippen LogP contribution in [-0.4, -0.2) is 36.9 Å². The van der Waals surface area contributed by atoms with Crippen LogP contribution in [0.25, 0.3) is 0 Å². The zero-order chi connectivity index (χ0) is 16.4. The number of hydrogen-bond donors (Lipinski definition) is 5. The highest BCUT2D eigenvalue weighted by Crippen LogP contribution is 2.18. The van der Waals surface area contributed by atoms with Crippen molar-refractivity contribution in [2.45, 2.75) is 23.0 Å². The van der Waals surface area contributed by atoms with Gasteiger partial charge in [-0.15, -0.1) is 0 Å². The van der Waals surface area contributed by atoms with Gasteiger partial charge in [0.2, 0.25) is 0 Å². The van der Waals surface area contributed by atoms with Gasteiger partial charge in [0, 0.05) is 15.8 Å². The normalized spacial score (nSPS) is 12.6. The summed E-state index contributed by atoms with van der Waals surface area (Å²) in [4.78, 5) is 22.4. The number of amides is 1. The molecule has 2 atom stereocenters. The Balaban J connectivity index is 0.00000191. The number of carbonyl (C=O) groups excluding carboxylic acids is 1. The fraction of sp³-hybridized carbons (Fsp3) is 0.273. The van der Waals surface area contributed by atoms with Gasteiger partial charge in [0.1, 0.15) is 5.25 Å². The van der Waals surface area contributed by atoms with Crippen molar-refractivity contribution in [2.24, 2.45) is 5.90 Å². The first-order valence-electron chi connectivity index (χ1n) is 5.53. The lowest BCUT2D eigenvalue weighted by Crippen LogP contribution is -2.36. The van der Waals surface area contributed by atoms with Crippen LogP contribution in [0.3, 0.4) is 0 Å². The molecule has 0 aliphatic heterocycles. The zero-order valence-electron chi connectivity index (χ0n) is 10.7. The Morgan fingerprint density at radius 3 is 2.24 bits per heavy atom. The molecule has 0 aliphatic carbocycles. The Hall–Kier alpha value is -1.33. The molecule has 10 heteroatoms. The van der Waals surface area contributed by atoms with Gasteiger partial charge in [0.05, 0.1) is 10.8 Å². The highest BCUT2D eigenvalue weighted by atomic mass is 79.9. The summed E-state index contributed by atoms with van der Waals surface area (Å²) in [6.07, 6.45) is -0.426. The highest BCUT2D eigenvalue weighted by Gasteiger charge is 2.26. The lowest BCUT2D eigenvalue weighted by molar-refractivity contribution is -0.137. The van der Waals surface area contributed by atoms with Crippen LogP contribution in [0.1, 0.15) is 12.8 Å². The average Bonchev–Trinajstić information content (AvgIpc) is 2.49. The van der Waals surface area contributed by atoms with Crippen LogP contribution in [0.15, 0.2) is 33.6 Å². The van der Waals surface area contributed by atoms with Gasteiger partial charge in [-0.25, -0.2) is 11.4 Å². The Labute approximate surface area is 131 Å². The van der Waals surface area contributed by atoms with Crippen LogP contribution >= 0.6 is 15.9 Å². The molecule has 1 aromatic rings. The molecule has 0 saturated carbocycles. The van der Waals surface area contributed by atoms with Crippen molar-refractivity contribution in [3.63, 3.8) is 0 Å². The number of carbonyl (C=O) groups is 2. The molecule has 1 aromatic carbocycles. The maximum atomic E-state index is 12.2. The van der Waals surface area contributed by atoms with E-state index in [1.165, 1.54) is 5.48 Å². The van der Waals surface area contributed by atoms with Gasteiger partial charge in [0.15, 0.2) is 0 Å². The molecule has 0 fully saturated rings. The van der Waals surface area contributed by atoms with Crippen LogP contribution in [0.4, 0.5) is 0 Å². The summed E-state index contributed by atoms with van der Waals surface area (Å²) < 4.78 is 13.0. The van der Waals surface area contributed by atoms with Crippen molar-refractivity contribution in [3.8, 4) is 0 Å². The quantitative estimate of drug-likeness (QED) is 0.357. The fourth-order valence-electron chi connectivity index (χ4n) is 1.39. The Kier molecular flexibility index (Phi) is 9.75. The number of nitrogens with one attached hydrogen (secondary N) is 1. The number of aliphatic carboxylic acids is 1. The van der Waals surface area contributed by atoms with E-state index in [0.717, 1.165) is 4.47 Å². The molecule has 0 aromatic heterocycles. The maximum Gasteiger partial charge on any atom is 0.303 e. The molecule has 0 heterocycles. The molecule has 0 spiro atoms. The van der Waals surface area contributed by atoms with Gasteiger partial charge < -0.3 is 10.3 Å². The van der Waals surface area contributed by atoms with Gasteiger partial charge >= 0.3 is 5.97 Å². The van der Waals surface area contributed by atoms with E-state index in [4.69, 9.17) is 15.5 Å². The van der Waals surface area contributed by atoms with Gasteiger partial charge in [-0.05, 0) is 30.7 Å². The lowest BCUT2D eigenvalue weighted by atomic mass is 10.2.